The van der Waals surface area contributed by atoms with Crippen LogP contribution < -0.4 is 4.72 Å². The van der Waals surface area contributed by atoms with E-state index in [1.165, 1.54) is 0 Å². The maximum Gasteiger partial charge on any atom is 0.211 e. The van der Waals surface area contributed by atoms with Crippen LogP contribution in [0.5, 0.6) is 0 Å². The van der Waals surface area contributed by atoms with Gasteiger partial charge in [0.2, 0.25) is 10.0 Å². The summed E-state index contributed by atoms with van der Waals surface area (Å²) in [6.45, 7) is 5.65. The van der Waals surface area contributed by atoms with Crippen LogP contribution in [0.2, 0.25) is 0 Å². The normalized spacial score (nSPS) is 16.4. The smallest absolute Gasteiger partial charge is 0.211 e. The van der Waals surface area contributed by atoms with Gasteiger partial charge < -0.3 is 5.11 Å². The van der Waals surface area contributed by atoms with E-state index in [1.54, 1.807) is 6.92 Å². The molecule has 0 aromatic heterocycles. The summed E-state index contributed by atoms with van der Waals surface area (Å²) in [5, 5.41) is 9.92. The van der Waals surface area contributed by atoms with Crippen LogP contribution in [-0.4, -0.2) is 37.3 Å². The Hall–Kier alpha value is 0.160. The molecule has 0 radical (unpaired) electrons. The molecule has 0 aliphatic carbocycles. The van der Waals surface area contributed by atoms with Gasteiger partial charge in [-0.25, -0.2) is 13.1 Å². The molecule has 1 unspecified atom stereocenters. The van der Waals surface area contributed by atoms with Crippen molar-refractivity contribution in [2.24, 2.45) is 5.92 Å². The number of sulfonamides is 1. The molecule has 0 aromatic carbocycles. The molecule has 0 amide bonds. The summed E-state index contributed by atoms with van der Waals surface area (Å²) in [5.41, 5.74) is -0.998. The third kappa shape index (κ3) is 8.33. The topological polar surface area (TPSA) is 66.4 Å². The molecule has 16 heavy (non-hydrogen) atoms. The molecule has 0 fully saturated rings. The van der Waals surface area contributed by atoms with Crippen LogP contribution in [-0.2, 0) is 10.0 Å². The molecule has 0 aromatic rings. The third-order valence-corrected chi connectivity index (χ3v) is 3.75. The molecule has 1 atom stereocenters. The maximum atomic E-state index is 11.4. The highest BCUT2D eigenvalue weighted by Gasteiger charge is 2.24. The second-order valence-corrected chi connectivity index (χ2v) is 7.08. The predicted octanol–water partition coefficient (Wildman–Crippen LogP) is 1.33. The van der Waals surface area contributed by atoms with Crippen molar-refractivity contribution >= 4 is 21.6 Å². The van der Waals surface area contributed by atoms with Gasteiger partial charge in [-0.15, -0.1) is 11.6 Å². The highest BCUT2D eigenvalue weighted by molar-refractivity contribution is 7.89. The average molecular weight is 272 g/mol. The molecule has 98 valence electrons. The maximum absolute atomic E-state index is 11.4. The molecular weight excluding hydrogens is 250 g/mol. The van der Waals surface area contributed by atoms with Gasteiger partial charge in [-0.05, 0) is 25.7 Å². The fraction of sp³-hybridized carbons (Fsp3) is 1.00. The SMILES string of the molecule is CC(C)CC(C)(O)CNS(=O)(=O)CCCCl. The molecule has 0 saturated carbocycles. The number of nitrogens with one attached hydrogen (secondary N) is 1. The van der Waals surface area contributed by atoms with Gasteiger partial charge in [-0.3, -0.25) is 0 Å². The van der Waals surface area contributed by atoms with Crippen LogP contribution in [0.1, 0.15) is 33.6 Å². The van der Waals surface area contributed by atoms with E-state index in [0.717, 1.165) is 0 Å². The van der Waals surface area contributed by atoms with E-state index in [2.05, 4.69) is 4.72 Å². The zero-order valence-corrected chi connectivity index (χ0v) is 11.7. The van der Waals surface area contributed by atoms with Crippen LogP contribution in [0.15, 0.2) is 0 Å². The summed E-state index contributed by atoms with van der Waals surface area (Å²) in [6, 6.07) is 0. The molecule has 0 saturated heterocycles. The molecule has 0 aliphatic heterocycles. The Bertz CT molecular complexity index is 288. The Labute approximate surface area is 103 Å². The Morgan fingerprint density at radius 1 is 1.44 bits per heavy atom. The van der Waals surface area contributed by atoms with E-state index in [0.29, 0.717) is 24.6 Å². The van der Waals surface area contributed by atoms with Gasteiger partial charge in [-0.2, -0.15) is 0 Å². The van der Waals surface area contributed by atoms with Crippen molar-refractivity contribution < 1.29 is 13.5 Å². The Kier molecular flexibility index (Phi) is 6.86. The lowest BCUT2D eigenvalue weighted by atomic mass is 9.95. The van der Waals surface area contributed by atoms with Crippen LogP contribution >= 0.6 is 11.6 Å². The van der Waals surface area contributed by atoms with Gasteiger partial charge in [0, 0.05) is 12.4 Å². The van der Waals surface area contributed by atoms with Crippen molar-refractivity contribution in [2.75, 3.05) is 18.2 Å². The minimum absolute atomic E-state index is 0.00819. The van der Waals surface area contributed by atoms with Crippen LogP contribution in [0.4, 0.5) is 0 Å². The largest absolute Gasteiger partial charge is 0.389 e. The van der Waals surface area contributed by atoms with Crippen LogP contribution in [0.25, 0.3) is 0 Å². The van der Waals surface area contributed by atoms with Gasteiger partial charge in [0.15, 0.2) is 0 Å². The molecule has 0 aliphatic rings. The lowest BCUT2D eigenvalue weighted by molar-refractivity contribution is 0.0437. The van der Waals surface area contributed by atoms with Crippen molar-refractivity contribution in [1.82, 2.24) is 4.72 Å². The van der Waals surface area contributed by atoms with Crippen LogP contribution in [0.3, 0.4) is 0 Å². The van der Waals surface area contributed by atoms with Crippen molar-refractivity contribution in [3.8, 4) is 0 Å². The quantitative estimate of drug-likeness (QED) is 0.655. The first-order chi connectivity index (χ1) is 7.18. The number of alkyl halides is 1. The van der Waals surface area contributed by atoms with Crippen molar-refractivity contribution in [1.29, 1.82) is 0 Å². The molecule has 0 spiro atoms. The van der Waals surface area contributed by atoms with E-state index in [4.69, 9.17) is 11.6 Å². The van der Waals surface area contributed by atoms with Crippen molar-refractivity contribution in [3.05, 3.63) is 0 Å². The summed E-state index contributed by atoms with van der Waals surface area (Å²) in [4.78, 5) is 0. The number of halogens is 1. The number of rotatable bonds is 8. The minimum Gasteiger partial charge on any atom is -0.389 e. The Balaban J connectivity index is 4.12. The fourth-order valence-corrected chi connectivity index (χ4v) is 3.03. The number of hydrogen-bond donors (Lipinski definition) is 2. The fourth-order valence-electron chi connectivity index (χ4n) is 1.53. The molecule has 0 heterocycles. The minimum atomic E-state index is -3.31. The first-order valence-corrected chi connectivity index (χ1v) is 7.63. The predicted molar refractivity (Wildman–Crippen MR) is 67.2 cm³/mol. The number of aliphatic hydroxyl groups is 1. The zero-order chi connectivity index (χ0) is 12.8. The second-order valence-electron chi connectivity index (χ2n) is 4.78. The van der Waals surface area contributed by atoms with Gasteiger partial charge in [0.1, 0.15) is 0 Å². The summed E-state index contributed by atoms with van der Waals surface area (Å²) in [6.07, 6.45) is 0.980. The standard InChI is InChI=1S/C10H22ClNO3S/c1-9(2)7-10(3,13)8-12-16(14,15)6-4-5-11/h9,12-13H,4-8H2,1-3H3. The van der Waals surface area contributed by atoms with Crippen molar-refractivity contribution in [2.45, 2.75) is 39.2 Å². The number of hydrogen-bond acceptors (Lipinski definition) is 3. The van der Waals surface area contributed by atoms with E-state index in [1.807, 2.05) is 13.8 Å². The molecule has 4 nitrogen and oxygen atoms in total. The van der Waals surface area contributed by atoms with Crippen LogP contribution in [0, 0.1) is 5.92 Å². The van der Waals surface area contributed by atoms with Gasteiger partial charge in [0.25, 0.3) is 0 Å². The van der Waals surface area contributed by atoms with E-state index < -0.39 is 15.6 Å². The van der Waals surface area contributed by atoms with Gasteiger partial charge >= 0.3 is 0 Å². The van der Waals surface area contributed by atoms with Gasteiger partial charge in [-0.1, -0.05) is 13.8 Å². The summed E-state index contributed by atoms with van der Waals surface area (Å²) >= 11 is 5.42. The first kappa shape index (κ1) is 16.2. The van der Waals surface area contributed by atoms with Gasteiger partial charge in [0.05, 0.1) is 11.4 Å². The van der Waals surface area contributed by atoms with E-state index in [-0.39, 0.29) is 12.3 Å². The second kappa shape index (κ2) is 6.79. The third-order valence-electron chi connectivity index (χ3n) is 2.07. The first-order valence-electron chi connectivity index (χ1n) is 5.44. The molecule has 6 heteroatoms. The molecule has 2 N–H and O–H groups in total. The summed E-state index contributed by atoms with van der Waals surface area (Å²) in [5.74, 6) is 0.653. The Morgan fingerprint density at radius 2 is 2.00 bits per heavy atom. The Morgan fingerprint density at radius 3 is 2.44 bits per heavy atom. The van der Waals surface area contributed by atoms with E-state index >= 15 is 0 Å². The highest BCUT2D eigenvalue weighted by Crippen LogP contribution is 2.15. The van der Waals surface area contributed by atoms with E-state index in [9.17, 15) is 13.5 Å². The molecule has 0 bridgehead atoms. The lowest BCUT2D eigenvalue weighted by Gasteiger charge is -2.25. The highest BCUT2D eigenvalue weighted by atomic mass is 35.5. The average Bonchev–Trinajstić information content (AvgIpc) is 2.10. The molecular formula is C10H22ClNO3S. The molecule has 0 rings (SSSR count). The summed E-state index contributed by atoms with van der Waals surface area (Å²) in [7, 11) is -3.31. The zero-order valence-electron chi connectivity index (χ0n) is 10.2. The summed E-state index contributed by atoms with van der Waals surface area (Å²) < 4.78 is 25.3. The lowest BCUT2D eigenvalue weighted by Crippen LogP contribution is -2.42. The monoisotopic (exact) mass is 271 g/mol. The van der Waals surface area contributed by atoms with Crippen molar-refractivity contribution in [3.63, 3.8) is 0 Å².